The van der Waals surface area contributed by atoms with Crippen LogP contribution in [-0.2, 0) is 20.8 Å². The molecule has 3 atom stereocenters. The molecule has 41 heavy (non-hydrogen) atoms. The van der Waals surface area contributed by atoms with E-state index in [0.29, 0.717) is 16.8 Å². The monoisotopic (exact) mass is 578 g/mol. The van der Waals surface area contributed by atoms with Crippen LogP contribution in [0, 0.1) is 5.82 Å². The van der Waals surface area contributed by atoms with E-state index < -0.39 is 47.4 Å². The minimum atomic E-state index is -1.37. The zero-order valence-electron chi connectivity index (χ0n) is 21.5. The topological polar surface area (TPSA) is 106 Å². The van der Waals surface area contributed by atoms with Crippen LogP contribution in [0.15, 0.2) is 101 Å². The van der Waals surface area contributed by atoms with Gasteiger partial charge in [-0.1, -0.05) is 60.1 Å². The molecule has 11 heteroatoms. The average molecular weight is 579 g/mol. The summed E-state index contributed by atoms with van der Waals surface area (Å²) in [5.74, 6) is -2.87. The Labute approximate surface area is 238 Å². The summed E-state index contributed by atoms with van der Waals surface area (Å²) < 4.78 is 33.4. The van der Waals surface area contributed by atoms with Gasteiger partial charge < -0.3 is 14.2 Å². The Morgan fingerprint density at radius 3 is 2.22 bits per heavy atom. The number of hydrogen-bond donors (Lipinski definition) is 0. The largest absolute Gasteiger partial charge is 0.459 e. The van der Waals surface area contributed by atoms with Gasteiger partial charge in [-0.3, -0.25) is 14.2 Å². The third-order valence-corrected chi connectivity index (χ3v) is 6.80. The SMILES string of the molecule is O=C(OC[C@@H]1O[C@H](n2cc(F)c(=O)n(C(=O)c3ccccc3)c2=O)CC1OCc1ccc(Cl)cc1)c1ccccc1. The lowest BCUT2D eigenvalue weighted by molar-refractivity contribution is -0.0710. The first-order valence-corrected chi connectivity index (χ1v) is 13.1. The van der Waals surface area contributed by atoms with Gasteiger partial charge in [-0.2, -0.15) is 8.96 Å². The molecule has 1 saturated heterocycles. The van der Waals surface area contributed by atoms with Crippen LogP contribution < -0.4 is 11.2 Å². The minimum absolute atomic E-state index is 0.0334. The Morgan fingerprint density at radius 2 is 1.56 bits per heavy atom. The van der Waals surface area contributed by atoms with Gasteiger partial charge in [0.2, 0.25) is 5.82 Å². The van der Waals surface area contributed by atoms with Crippen molar-refractivity contribution in [2.45, 2.75) is 31.5 Å². The highest BCUT2D eigenvalue weighted by Crippen LogP contribution is 2.31. The summed E-state index contributed by atoms with van der Waals surface area (Å²) >= 11 is 5.96. The highest BCUT2D eigenvalue weighted by Gasteiger charge is 2.39. The first-order chi connectivity index (χ1) is 19.8. The molecule has 1 aromatic heterocycles. The summed E-state index contributed by atoms with van der Waals surface area (Å²) in [5, 5.41) is 0.560. The molecule has 0 N–H and O–H groups in total. The van der Waals surface area contributed by atoms with Gasteiger partial charge in [0.15, 0.2) is 0 Å². The number of esters is 1. The fourth-order valence-electron chi connectivity index (χ4n) is 4.43. The molecule has 210 valence electrons. The standard InChI is InChI=1S/C30H24ClFN2O7/c31-22-13-11-19(12-14-22)17-39-24-15-26(41-25(24)18-40-29(37)21-9-5-2-6-10-21)33-16-23(32)28(36)34(30(33)38)27(35)20-7-3-1-4-8-20/h1-14,16,24-26H,15,17-18H2/t24?,25-,26-/m0/s1. The number of benzene rings is 3. The molecule has 1 aliphatic heterocycles. The lowest BCUT2D eigenvalue weighted by Gasteiger charge is -2.19. The number of aromatic nitrogens is 2. The second-order valence-corrected chi connectivity index (χ2v) is 9.72. The maximum atomic E-state index is 14.8. The first-order valence-electron chi connectivity index (χ1n) is 12.7. The molecule has 0 aliphatic carbocycles. The molecule has 0 amide bonds. The lowest BCUT2D eigenvalue weighted by atomic mass is 10.1. The highest BCUT2D eigenvalue weighted by atomic mass is 35.5. The van der Waals surface area contributed by atoms with Crippen LogP contribution >= 0.6 is 11.6 Å². The molecule has 3 aromatic carbocycles. The number of hydrogen-bond acceptors (Lipinski definition) is 7. The summed E-state index contributed by atoms with van der Waals surface area (Å²) in [6.07, 6.45) is -1.92. The minimum Gasteiger partial charge on any atom is -0.459 e. The Kier molecular flexibility index (Phi) is 8.53. The second kappa shape index (κ2) is 12.4. The molecular weight excluding hydrogens is 555 g/mol. The average Bonchev–Trinajstić information content (AvgIpc) is 3.41. The summed E-state index contributed by atoms with van der Waals surface area (Å²) in [5.41, 5.74) is -1.27. The van der Waals surface area contributed by atoms with Gasteiger partial charge in [0.25, 0.3) is 11.5 Å². The zero-order valence-corrected chi connectivity index (χ0v) is 22.3. The van der Waals surface area contributed by atoms with Crippen LogP contribution in [0.5, 0.6) is 0 Å². The van der Waals surface area contributed by atoms with Gasteiger partial charge in [-0.15, -0.1) is 0 Å². The highest BCUT2D eigenvalue weighted by molar-refractivity contribution is 6.30. The van der Waals surface area contributed by atoms with Crippen molar-refractivity contribution in [2.24, 2.45) is 0 Å². The zero-order chi connectivity index (χ0) is 28.9. The number of carbonyl (C=O) groups excluding carboxylic acids is 2. The third-order valence-electron chi connectivity index (χ3n) is 6.55. The fourth-order valence-corrected chi connectivity index (χ4v) is 4.56. The summed E-state index contributed by atoms with van der Waals surface area (Å²) in [4.78, 5) is 51.4. The Bertz CT molecular complexity index is 1660. The van der Waals surface area contributed by atoms with Crippen molar-refractivity contribution in [3.05, 3.63) is 139 Å². The van der Waals surface area contributed by atoms with E-state index in [0.717, 1.165) is 10.1 Å². The van der Waals surface area contributed by atoms with Crippen LogP contribution in [0.25, 0.3) is 0 Å². The van der Waals surface area contributed by atoms with Crippen molar-refractivity contribution in [3.8, 4) is 0 Å². The van der Waals surface area contributed by atoms with Gasteiger partial charge in [-0.05, 0) is 42.0 Å². The molecule has 4 aromatic rings. The van der Waals surface area contributed by atoms with Gasteiger partial charge >= 0.3 is 11.7 Å². The van der Waals surface area contributed by atoms with Crippen molar-refractivity contribution >= 4 is 23.5 Å². The van der Waals surface area contributed by atoms with E-state index >= 15 is 0 Å². The number of halogens is 2. The molecule has 5 rings (SSSR count). The Hall–Kier alpha value is -4.38. The van der Waals surface area contributed by atoms with Crippen LogP contribution in [0.1, 0.15) is 38.9 Å². The number of rotatable bonds is 8. The number of ether oxygens (including phenoxy) is 3. The van der Waals surface area contributed by atoms with Gasteiger partial charge in [0.05, 0.1) is 24.5 Å². The van der Waals surface area contributed by atoms with E-state index in [1.165, 1.54) is 12.1 Å². The van der Waals surface area contributed by atoms with E-state index in [9.17, 15) is 23.6 Å². The fraction of sp³-hybridized carbons (Fsp3) is 0.200. The summed E-state index contributed by atoms with van der Waals surface area (Å²) in [6.45, 7) is -0.0778. The van der Waals surface area contributed by atoms with Crippen molar-refractivity contribution in [1.82, 2.24) is 9.13 Å². The number of carbonyl (C=O) groups is 2. The van der Waals surface area contributed by atoms with Crippen LogP contribution in [0.2, 0.25) is 5.02 Å². The molecule has 0 spiro atoms. The molecule has 9 nitrogen and oxygen atoms in total. The molecule has 2 heterocycles. The van der Waals surface area contributed by atoms with Crippen LogP contribution in [-0.4, -0.2) is 39.8 Å². The van der Waals surface area contributed by atoms with Crippen LogP contribution in [0.4, 0.5) is 4.39 Å². The maximum absolute atomic E-state index is 14.8. The van der Waals surface area contributed by atoms with E-state index in [1.54, 1.807) is 72.8 Å². The van der Waals surface area contributed by atoms with Crippen molar-refractivity contribution in [3.63, 3.8) is 0 Å². The van der Waals surface area contributed by atoms with Gasteiger partial charge in [0.1, 0.15) is 18.9 Å². The van der Waals surface area contributed by atoms with Crippen molar-refractivity contribution in [1.29, 1.82) is 0 Å². The van der Waals surface area contributed by atoms with E-state index in [4.69, 9.17) is 25.8 Å². The van der Waals surface area contributed by atoms with Crippen LogP contribution in [0.3, 0.4) is 0 Å². The van der Waals surface area contributed by atoms with E-state index in [1.807, 2.05) is 0 Å². The Morgan fingerprint density at radius 1 is 0.927 bits per heavy atom. The number of nitrogens with zero attached hydrogens (tertiary/aromatic N) is 2. The second-order valence-electron chi connectivity index (χ2n) is 9.28. The van der Waals surface area contributed by atoms with Crippen molar-refractivity contribution in [2.75, 3.05) is 6.61 Å². The van der Waals surface area contributed by atoms with Gasteiger partial charge in [0, 0.05) is 17.0 Å². The normalized spacial score (nSPS) is 18.2. The molecule has 1 unspecified atom stereocenters. The summed E-state index contributed by atoms with van der Waals surface area (Å²) in [7, 11) is 0. The predicted molar refractivity (Wildman–Crippen MR) is 146 cm³/mol. The maximum Gasteiger partial charge on any atom is 0.340 e. The third kappa shape index (κ3) is 6.35. The molecule has 1 aliphatic rings. The van der Waals surface area contributed by atoms with Gasteiger partial charge in [-0.25, -0.2) is 9.59 Å². The van der Waals surface area contributed by atoms with E-state index in [-0.39, 0.29) is 29.8 Å². The molecule has 1 fully saturated rings. The lowest BCUT2D eigenvalue weighted by Crippen LogP contribution is -2.46. The molecule has 0 radical (unpaired) electrons. The first kappa shape index (κ1) is 28.2. The van der Waals surface area contributed by atoms with E-state index in [2.05, 4.69) is 0 Å². The molecule has 0 bridgehead atoms. The van der Waals surface area contributed by atoms with Crippen molar-refractivity contribution < 1.29 is 28.2 Å². The Balaban J connectivity index is 1.41. The quantitative estimate of drug-likeness (QED) is 0.288. The molecule has 0 saturated carbocycles. The smallest absolute Gasteiger partial charge is 0.340 e. The molecular formula is C30H24ClFN2O7. The summed E-state index contributed by atoms with van der Waals surface area (Å²) in [6, 6.07) is 22.9. The predicted octanol–water partition coefficient (Wildman–Crippen LogP) is 4.22.